The maximum Gasteiger partial charge on any atom is 0.264 e. The van der Waals surface area contributed by atoms with Gasteiger partial charge in [-0.05, 0) is 73.8 Å². The molecule has 1 aliphatic heterocycles. The molecule has 1 fully saturated rings. The highest BCUT2D eigenvalue weighted by Crippen LogP contribution is 2.38. The van der Waals surface area contributed by atoms with E-state index in [9.17, 15) is 9.90 Å². The molecule has 1 saturated heterocycles. The van der Waals surface area contributed by atoms with E-state index >= 15 is 0 Å². The molecule has 0 aliphatic carbocycles. The van der Waals surface area contributed by atoms with E-state index in [0.29, 0.717) is 22.2 Å². The van der Waals surface area contributed by atoms with Crippen molar-refractivity contribution in [1.82, 2.24) is 15.2 Å². The Morgan fingerprint density at radius 1 is 1.13 bits per heavy atom. The zero-order valence-electron chi connectivity index (χ0n) is 21.4. The van der Waals surface area contributed by atoms with Gasteiger partial charge in [0.2, 0.25) is 0 Å². The molecule has 196 valence electrons. The molecule has 1 amide bonds. The average Bonchev–Trinajstić information content (AvgIpc) is 3.57. The predicted octanol–water partition coefficient (Wildman–Crippen LogP) is 5.79. The van der Waals surface area contributed by atoms with E-state index in [2.05, 4.69) is 15.6 Å². The molecule has 4 aromatic rings. The fraction of sp³-hybridized carbons (Fsp3) is 0.276. The van der Waals surface area contributed by atoms with Crippen molar-refractivity contribution in [3.63, 3.8) is 0 Å². The predicted molar refractivity (Wildman–Crippen MR) is 156 cm³/mol. The molecule has 3 heterocycles. The van der Waals surface area contributed by atoms with Gasteiger partial charge in [-0.3, -0.25) is 9.78 Å². The molecule has 2 aromatic carbocycles. The lowest BCUT2D eigenvalue weighted by molar-refractivity contribution is 0.0797. The van der Waals surface area contributed by atoms with Crippen LogP contribution in [0.15, 0.2) is 60.8 Å². The summed E-state index contributed by atoms with van der Waals surface area (Å²) in [5, 5.41) is 16.8. The van der Waals surface area contributed by atoms with Gasteiger partial charge in [-0.1, -0.05) is 30.3 Å². The number of benzene rings is 2. The molecule has 2 aromatic heterocycles. The van der Waals surface area contributed by atoms with Crippen LogP contribution in [0.1, 0.15) is 39.2 Å². The van der Waals surface area contributed by atoms with Crippen LogP contribution in [0.4, 0.5) is 5.69 Å². The van der Waals surface area contributed by atoms with Crippen molar-refractivity contribution in [3.05, 3.63) is 82.4 Å². The number of aryl methyl sites for hydroxylation is 2. The second kappa shape index (κ2) is 11.5. The molecule has 1 atom stereocenters. The van der Waals surface area contributed by atoms with Crippen molar-refractivity contribution in [2.45, 2.75) is 39.3 Å². The van der Waals surface area contributed by atoms with Crippen LogP contribution in [0.5, 0.6) is 11.5 Å². The number of aliphatic hydroxyl groups excluding tert-OH is 1. The molecule has 1 aliphatic rings. The zero-order chi connectivity index (χ0) is 26.6. The average molecular weight is 547 g/mol. The number of aromatic nitrogens is 1. The largest absolute Gasteiger partial charge is 0.455 e. The van der Waals surface area contributed by atoms with E-state index in [-0.39, 0.29) is 5.91 Å². The lowest BCUT2D eigenvalue weighted by Gasteiger charge is -2.18. The number of hydrogen-bond acceptors (Lipinski definition) is 6. The number of hydrogen-bond donors (Lipinski definition) is 3. The second-order valence-electron chi connectivity index (χ2n) is 9.48. The van der Waals surface area contributed by atoms with Gasteiger partial charge < -0.3 is 25.4 Å². The van der Waals surface area contributed by atoms with Crippen molar-refractivity contribution in [2.24, 2.45) is 0 Å². The number of pyridine rings is 1. The van der Waals surface area contributed by atoms with Crippen molar-refractivity contribution in [2.75, 3.05) is 18.4 Å². The number of fused-ring (bicyclic) bond motifs is 1. The number of ether oxygens (including phenoxy) is 1. The monoisotopic (exact) mass is 546 g/mol. The van der Waals surface area contributed by atoms with Crippen molar-refractivity contribution >= 4 is 50.5 Å². The molecule has 38 heavy (non-hydrogen) atoms. The molecule has 0 radical (unpaired) electrons. The van der Waals surface area contributed by atoms with E-state index in [1.165, 1.54) is 11.3 Å². The third-order valence-corrected chi connectivity index (χ3v) is 7.83. The molecular formula is C29H30N4O3S2. The van der Waals surface area contributed by atoms with Crippen molar-refractivity contribution < 1.29 is 14.6 Å². The summed E-state index contributed by atoms with van der Waals surface area (Å²) in [5.74, 6) is 1.48. The summed E-state index contributed by atoms with van der Waals surface area (Å²) < 4.78 is 7.25. The van der Waals surface area contributed by atoms with E-state index in [0.717, 1.165) is 64.3 Å². The van der Waals surface area contributed by atoms with Crippen LogP contribution in [0.25, 0.3) is 10.2 Å². The van der Waals surface area contributed by atoms with Gasteiger partial charge in [-0.2, -0.15) is 0 Å². The van der Waals surface area contributed by atoms with Crippen LogP contribution >= 0.6 is 23.6 Å². The van der Waals surface area contributed by atoms with Gasteiger partial charge in [0.25, 0.3) is 5.91 Å². The Bertz CT molecular complexity index is 1440. The molecule has 7 nitrogen and oxygen atoms in total. The number of nitrogens with zero attached hydrogens (tertiary/aromatic N) is 2. The van der Waals surface area contributed by atoms with Crippen LogP contribution < -0.4 is 15.4 Å². The molecule has 1 unspecified atom stereocenters. The summed E-state index contributed by atoms with van der Waals surface area (Å²) in [6, 6.07) is 17.4. The minimum atomic E-state index is -0.802. The molecule has 5 rings (SSSR count). The minimum Gasteiger partial charge on any atom is -0.455 e. The van der Waals surface area contributed by atoms with Crippen molar-refractivity contribution in [3.8, 4) is 11.5 Å². The molecule has 0 spiro atoms. The van der Waals surface area contributed by atoms with Gasteiger partial charge in [0, 0.05) is 37.5 Å². The van der Waals surface area contributed by atoms with E-state index in [1.807, 2.05) is 73.3 Å². The molecule has 9 heteroatoms. The standard InChI is InChI=1S/C29H30N4O3S2/c1-18-14-21(31-29(37)32-25(34)16-20-8-4-3-5-9-20)15-19(2)26(18)36-23-10-11-30-22-17-24(38-27(22)23)28(35)33-12-6-7-13-33/h3-5,8-11,14-15,17,25,34H,6-7,12-13,16H2,1-2H3,(H2,31,32,37). The summed E-state index contributed by atoms with van der Waals surface area (Å²) in [5.41, 5.74) is 4.43. The Morgan fingerprint density at radius 3 is 2.55 bits per heavy atom. The molecule has 0 bridgehead atoms. The van der Waals surface area contributed by atoms with Crippen molar-refractivity contribution in [1.29, 1.82) is 0 Å². The summed E-state index contributed by atoms with van der Waals surface area (Å²) in [6.07, 6.45) is 3.47. The summed E-state index contributed by atoms with van der Waals surface area (Å²) in [4.78, 5) is 20.0. The number of thiophene rings is 1. The third-order valence-electron chi connectivity index (χ3n) is 6.48. The van der Waals surface area contributed by atoms with E-state index in [1.54, 1.807) is 6.20 Å². The Morgan fingerprint density at radius 2 is 1.84 bits per heavy atom. The number of aliphatic hydroxyl groups is 1. The van der Waals surface area contributed by atoms with Gasteiger partial charge in [0.15, 0.2) is 5.11 Å². The van der Waals surface area contributed by atoms with Gasteiger partial charge in [0.05, 0.1) is 15.1 Å². The van der Waals surface area contributed by atoms with Crippen LogP contribution in [0.3, 0.4) is 0 Å². The number of likely N-dealkylation sites (tertiary alicyclic amines) is 1. The first kappa shape index (κ1) is 26.1. The smallest absolute Gasteiger partial charge is 0.264 e. The normalized spacial score (nSPS) is 13.9. The maximum atomic E-state index is 12.9. The first-order valence-corrected chi connectivity index (χ1v) is 13.9. The summed E-state index contributed by atoms with van der Waals surface area (Å²) in [7, 11) is 0. The Labute approximate surface area is 231 Å². The number of anilines is 1. The number of thiocarbonyl (C=S) groups is 1. The number of carbonyl (C=O) groups excluding carboxylic acids is 1. The quantitative estimate of drug-likeness (QED) is 0.200. The van der Waals surface area contributed by atoms with E-state index in [4.69, 9.17) is 17.0 Å². The molecule has 0 saturated carbocycles. The summed E-state index contributed by atoms with van der Waals surface area (Å²) >= 11 is 6.85. The van der Waals surface area contributed by atoms with Crippen LogP contribution in [0.2, 0.25) is 0 Å². The SMILES string of the molecule is Cc1cc(NC(=S)NC(O)Cc2ccccc2)cc(C)c1Oc1ccnc2cc(C(=O)N3CCCC3)sc12. The highest BCUT2D eigenvalue weighted by Gasteiger charge is 2.23. The van der Waals surface area contributed by atoms with E-state index < -0.39 is 6.23 Å². The third kappa shape index (κ3) is 5.96. The first-order valence-electron chi connectivity index (χ1n) is 12.6. The summed E-state index contributed by atoms with van der Waals surface area (Å²) in [6.45, 7) is 5.58. The second-order valence-corrected chi connectivity index (χ2v) is 10.9. The van der Waals surface area contributed by atoms with Gasteiger partial charge in [0.1, 0.15) is 17.7 Å². The lowest BCUT2D eigenvalue weighted by Crippen LogP contribution is -2.38. The van der Waals surface area contributed by atoms with Crippen LogP contribution in [-0.4, -0.2) is 45.3 Å². The highest BCUT2D eigenvalue weighted by atomic mass is 32.1. The fourth-order valence-electron chi connectivity index (χ4n) is 4.68. The lowest BCUT2D eigenvalue weighted by atomic mass is 10.1. The number of carbonyl (C=O) groups is 1. The topological polar surface area (TPSA) is 86.7 Å². The number of rotatable bonds is 7. The zero-order valence-corrected chi connectivity index (χ0v) is 23.0. The van der Waals surface area contributed by atoms with Gasteiger partial charge >= 0.3 is 0 Å². The van der Waals surface area contributed by atoms with Gasteiger partial charge in [-0.15, -0.1) is 11.3 Å². The molecule has 3 N–H and O–H groups in total. The Kier molecular flexibility index (Phi) is 7.87. The Balaban J connectivity index is 1.28. The number of amides is 1. The maximum absolute atomic E-state index is 12.9. The minimum absolute atomic E-state index is 0.0673. The Hall–Kier alpha value is -3.53. The fourth-order valence-corrected chi connectivity index (χ4v) is 5.96. The highest BCUT2D eigenvalue weighted by molar-refractivity contribution is 7.80. The van der Waals surface area contributed by atoms with Crippen LogP contribution in [0, 0.1) is 13.8 Å². The molecular weight excluding hydrogens is 516 g/mol. The first-order chi connectivity index (χ1) is 18.4. The number of nitrogens with one attached hydrogen (secondary N) is 2. The van der Waals surface area contributed by atoms with Crippen LogP contribution in [-0.2, 0) is 6.42 Å². The van der Waals surface area contributed by atoms with Gasteiger partial charge in [-0.25, -0.2) is 0 Å².